The van der Waals surface area contributed by atoms with Gasteiger partial charge in [0, 0.05) is 17.9 Å². The van der Waals surface area contributed by atoms with Crippen molar-refractivity contribution in [2.45, 2.75) is 50.0 Å². The molecule has 0 spiro atoms. The summed E-state index contributed by atoms with van der Waals surface area (Å²) in [6.45, 7) is 0. The fraction of sp³-hybridized carbons (Fsp3) is 0.474. The van der Waals surface area contributed by atoms with E-state index in [0.717, 1.165) is 12.2 Å². The van der Waals surface area contributed by atoms with Gasteiger partial charge in [-0.1, -0.05) is 49.6 Å². The predicted octanol–water partition coefficient (Wildman–Crippen LogP) is 4.31. The van der Waals surface area contributed by atoms with E-state index in [9.17, 15) is 0 Å². The second-order valence-electron chi connectivity index (χ2n) is 6.21. The molecule has 1 fully saturated rings. The highest BCUT2D eigenvalue weighted by atomic mass is 16.3. The van der Waals surface area contributed by atoms with Crippen LogP contribution >= 0.6 is 0 Å². The van der Waals surface area contributed by atoms with Gasteiger partial charge in [0.05, 0.1) is 6.26 Å². The van der Waals surface area contributed by atoms with Gasteiger partial charge in [-0.25, -0.2) is 0 Å². The molecule has 0 aliphatic heterocycles. The molecule has 2 heteroatoms. The maximum atomic E-state index is 5.60. The minimum atomic E-state index is 0.237. The maximum Gasteiger partial charge on any atom is 0.105 e. The average molecular weight is 283 g/mol. The van der Waals surface area contributed by atoms with Gasteiger partial charge in [-0.05, 0) is 37.6 Å². The first-order chi connectivity index (χ1) is 10.3. The molecule has 2 nitrogen and oxygen atoms in total. The topological polar surface area (TPSA) is 25.2 Å². The summed E-state index contributed by atoms with van der Waals surface area (Å²) in [6, 6.07) is 15.6. The van der Waals surface area contributed by atoms with Crippen molar-refractivity contribution in [2.24, 2.45) is 0 Å². The molecule has 1 aliphatic rings. The smallest absolute Gasteiger partial charge is 0.105 e. The minimum absolute atomic E-state index is 0.237. The van der Waals surface area contributed by atoms with Gasteiger partial charge in [0.1, 0.15) is 5.76 Å². The van der Waals surface area contributed by atoms with E-state index in [4.69, 9.17) is 4.42 Å². The standard InChI is InChI=1S/C19H25NO/c1-20-18(15-17-11-8-14-21-17)19(12-6-3-7-13-19)16-9-4-2-5-10-16/h2,4-5,8-11,14,18,20H,3,6-7,12-13,15H2,1H3. The Balaban J connectivity index is 1.93. The number of hydrogen-bond acceptors (Lipinski definition) is 2. The number of nitrogens with one attached hydrogen (secondary N) is 1. The van der Waals surface area contributed by atoms with E-state index in [1.165, 1.54) is 37.7 Å². The summed E-state index contributed by atoms with van der Waals surface area (Å²) in [5.74, 6) is 1.08. The molecule has 3 rings (SSSR count). The molecule has 2 aromatic rings. The highest BCUT2D eigenvalue weighted by molar-refractivity contribution is 5.29. The van der Waals surface area contributed by atoms with Crippen LogP contribution in [0.15, 0.2) is 53.1 Å². The lowest BCUT2D eigenvalue weighted by Crippen LogP contribution is -2.49. The van der Waals surface area contributed by atoms with E-state index in [1.54, 1.807) is 6.26 Å². The lowest BCUT2D eigenvalue weighted by atomic mass is 9.64. The average Bonchev–Trinajstić information content (AvgIpc) is 3.07. The van der Waals surface area contributed by atoms with Crippen molar-refractivity contribution in [1.82, 2.24) is 5.32 Å². The van der Waals surface area contributed by atoms with Crippen LogP contribution in [-0.2, 0) is 11.8 Å². The van der Waals surface area contributed by atoms with Crippen LogP contribution in [0.3, 0.4) is 0 Å². The molecule has 21 heavy (non-hydrogen) atoms. The summed E-state index contributed by atoms with van der Waals surface area (Å²) in [5, 5.41) is 3.59. The molecule has 1 saturated carbocycles. The molecule has 112 valence electrons. The summed E-state index contributed by atoms with van der Waals surface area (Å²) >= 11 is 0. The molecule has 1 N–H and O–H groups in total. The van der Waals surface area contributed by atoms with E-state index in [2.05, 4.69) is 48.8 Å². The third-order valence-electron chi connectivity index (χ3n) is 5.10. The monoisotopic (exact) mass is 283 g/mol. The second kappa shape index (κ2) is 6.48. The van der Waals surface area contributed by atoms with E-state index in [-0.39, 0.29) is 5.41 Å². The highest BCUT2D eigenvalue weighted by Crippen LogP contribution is 2.43. The molecular weight excluding hydrogens is 258 g/mol. The highest BCUT2D eigenvalue weighted by Gasteiger charge is 2.40. The lowest BCUT2D eigenvalue weighted by molar-refractivity contribution is 0.212. The second-order valence-corrected chi connectivity index (χ2v) is 6.21. The first-order valence-electron chi connectivity index (χ1n) is 8.10. The van der Waals surface area contributed by atoms with E-state index >= 15 is 0 Å². The number of furan rings is 1. The number of hydrogen-bond donors (Lipinski definition) is 1. The largest absolute Gasteiger partial charge is 0.469 e. The molecule has 1 heterocycles. The minimum Gasteiger partial charge on any atom is -0.469 e. The third-order valence-corrected chi connectivity index (χ3v) is 5.10. The summed E-state index contributed by atoms with van der Waals surface area (Å²) < 4.78 is 5.60. The van der Waals surface area contributed by atoms with E-state index in [0.29, 0.717) is 6.04 Å². The van der Waals surface area contributed by atoms with Gasteiger partial charge >= 0.3 is 0 Å². The van der Waals surface area contributed by atoms with Crippen molar-refractivity contribution in [3.63, 3.8) is 0 Å². The Morgan fingerprint density at radius 3 is 2.43 bits per heavy atom. The molecule has 1 aliphatic carbocycles. The molecular formula is C19H25NO. The van der Waals surface area contributed by atoms with Crippen LogP contribution in [0.4, 0.5) is 0 Å². The zero-order valence-electron chi connectivity index (χ0n) is 12.8. The SMILES string of the molecule is CNC(Cc1ccco1)C1(c2ccccc2)CCCCC1. The number of rotatable bonds is 5. The van der Waals surface area contributed by atoms with Crippen molar-refractivity contribution in [3.05, 3.63) is 60.1 Å². The zero-order valence-corrected chi connectivity index (χ0v) is 12.8. The Morgan fingerprint density at radius 2 is 1.81 bits per heavy atom. The van der Waals surface area contributed by atoms with E-state index in [1.807, 2.05) is 6.07 Å². The van der Waals surface area contributed by atoms with Crippen molar-refractivity contribution in [1.29, 1.82) is 0 Å². The zero-order chi connectivity index (χ0) is 14.5. The molecule has 0 bridgehead atoms. The fourth-order valence-corrected chi connectivity index (χ4v) is 3.99. The lowest BCUT2D eigenvalue weighted by Gasteiger charge is -2.44. The summed E-state index contributed by atoms with van der Waals surface area (Å²) in [6.07, 6.45) is 9.28. The maximum absolute atomic E-state index is 5.60. The molecule has 1 aromatic heterocycles. The molecule has 0 amide bonds. The Kier molecular flexibility index (Phi) is 4.45. The molecule has 1 unspecified atom stereocenters. The first-order valence-corrected chi connectivity index (χ1v) is 8.10. The van der Waals surface area contributed by atoms with Crippen molar-refractivity contribution < 1.29 is 4.42 Å². The van der Waals surface area contributed by atoms with Crippen LogP contribution in [0.2, 0.25) is 0 Å². The van der Waals surface area contributed by atoms with Gasteiger partial charge in [-0.2, -0.15) is 0 Å². The Morgan fingerprint density at radius 1 is 1.05 bits per heavy atom. The summed E-state index contributed by atoms with van der Waals surface area (Å²) in [4.78, 5) is 0. The predicted molar refractivity (Wildman–Crippen MR) is 86.5 cm³/mol. The van der Waals surface area contributed by atoms with Crippen molar-refractivity contribution >= 4 is 0 Å². The van der Waals surface area contributed by atoms with Crippen LogP contribution in [-0.4, -0.2) is 13.1 Å². The molecule has 0 radical (unpaired) electrons. The molecule has 0 saturated heterocycles. The number of likely N-dealkylation sites (N-methyl/N-ethyl adjacent to an activating group) is 1. The third kappa shape index (κ3) is 2.91. The van der Waals surface area contributed by atoms with Gasteiger partial charge in [0.15, 0.2) is 0 Å². The Bertz CT molecular complexity index is 526. The van der Waals surface area contributed by atoms with Gasteiger partial charge in [-0.15, -0.1) is 0 Å². The first kappa shape index (κ1) is 14.4. The van der Waals surface area contributed by atoms with Gasteiger partial charge < -0.3 is 9.73 Å². The van der Waals surface area contributed by atoms with Crippen molar-refractivity contribution in [3.8, 4) is 0 Å². The molecule has 1 aromatic carbocycles. The van der Waals surface area contributed by atoms with E-state index < -0.39 is 0 Å². The van der Waals surface area contributed by atoms with Crippen LogP contribution < -0.4 is 5.32 Å². The van der Waals surface area contributed by atoms with Crippen LogP contribution in [0, 0.1) is 0 Å². The van der Waals surface area contributed by atoms with Gasteiger partial charge in [-0.3, -0.25) is 0 Å². The van der Waals surface area contributed by atoms with Gasteiger partial charge in [0.25, 0.3) is 0 Å². The normalized spacial score (nSPS) is 19.3. The summed E-state index contributed by atoms with van der Waals surface area (Å²) in [5.41, 5.74) is 1.72. The quantitative estimate of drug-likeness (QED) is 0.884. The summed E-state index contributed by atoms with van der Waals surface area (Å²) in [7, 11) is 2.09. The van der Waals surface area contributed by atoms with Crippen molar-refractivity contribution in [2.75, 3.05) is 7.05 Å². The Labute approximate surface area is 127 Å². The Hall–Kier alpha value is -1.54. The van der Waals surface area contributed by atoms with Crippen LogP contribution in [0.5, 0.6) is 0 Å². The fourth-order valence-electron chi connectivity index (χ4n) is 3.99. The van der Waals surface area contributed by atoms with Gasteiger partial charge in [0.2, 0.25) is 0 Å². The van der Waals surface area contributed by atoms with Crippen LogP contribution in [0.1, 0.15) is 43.4 Å². The van der Waals surface area contributed by atoms with Crippen LogP contribution in [0.25, 0.3) is 0 Å². The molecule has 1 atom stereocenters. The number of benzene rings is 1.